The number of hydrogen-bond donors (Lipinski definition) is 2. The monoisotopic (exact) mass is 417 g/mol. The summed E-state index contributed by atoms with van der Waals surface area (Å²) in [5.41, 5.74) is 2.19. The van der Waals surface area contributed by atoms with Crippen LogP contribution in [0.2, 0.25) is 0 Å². The van der Waals surface area contributed by atoms with Crippen LogP contribution in [0.15, 0.2) is 53.4 Å². The predicted octanol–water partition coefficient (Wildman–Crippen LogP) is 3.25. The molecule has 0 aliphatic heterocycles. The minimum atomic E-state index is -3.47. The van der Waals surface area contributed by atoms with Crippen molar-refractivity contribution in [3.8, 4) is 0 Å². The Morgan fingerprint density at radius 2 is 1.38 bits per heavy atom. The van der Waals surface area contributed by atoms with Crippen molar-refractivity contribution < 1.29 is 18.0 Å². The lowest BCUT2D eigenvalue weighted by molar-refractivity contribution is -0.116. The zero-order chi connectivity index (χ0) is 21.4. The summed E-state index contributed by atoms with van der Waals surface area (Å²) in [4.78, 5) is 23.4. The molecule has 156 valence electrons. The molecule has 0 radical (unpaired) electrons. The lowest BCUT2D eigenvalue weighted by atomic mass is 10.1. The van der Waals surface area contributed by atoms with Crippen LogP contribution >= 0.6 is 0 Å². The van der Waals surface area contributed by atoms with Crippen molar-refractivity contribution in [2.24, 2.45) is 0 Å². The summed E-state index contributed by atoms with van der Waals surface area (Å²) in [6.07, 6.45) is 0.775. The molecule has 0 atom stereocenters. The third kappa shape index (κ3) is 6.40. The molecule has 8 heteroatoms. The second kappa shape index (κ2) is 10.2. The zero-order valence-electron chi connectivity index (χ0n) is 16.9. The summed E-state index contributed by atoms with van der Waals surface area (Å²) in [6, 6.07) is 13.5. The summed E-state index contributed by atoms with van der Waals surface area (Å²) in [6.45, 7) is 5.89. The number of nitrogens with zero attached hydrogens (tertiary/aromatic N) is 1. The van der Waals surface area contributed by atoms with Gasteiger partial charge in [0.1, 0.15) is 0 Å². The molecule has 0 saturated carbocycles. The first-order valence-electron chi connectivity index (χ1n) is 9.52. The number of carbonyl (C=O) groups excluding carboxylic acids is 2. The van der Waals surface area contributed by atoms with E-state index in [0.29, 0.717) is 30.9 Å². The highest BCUT2D eigenvalue weighted by Crippen LogP contribution is 2.17. The number of rotatable bonds is 9. The van der Waals surface area contributed by atoms with Gasteiger partial charge in [-0.15, -0.1) is 0 Å². The van der Waals surface area contributed by atoms with Crippen molar-refractivity contribution in [2.45, 2.75) is 38.5 Å². The molecule has 0 saturated heterocycles. The summed E-state index contributed by atoms with van der Waals surface area (Å²) < 4.78 is 26.4. The van der Waals surface area contributed by atoms with E-state index in [1.807, 2.05) is 0 Å². The Kier molecular flexibility index (Phi) is 7.92. The maximum atomic E-state index is 12.5. The Hall–Kier alpha value is -2.71. The van der Waals surface area contributed by atoms with Gasteiger partial charge in [-0.3, -0.25) is 9.59 Å². The van der Waals surface area contributed by atoms with Gasteiger partial charge in [0.25, 0.3) is 0 Å². The smallest absolute Gasteiger partial charge is 0.243 e. The van der Waals surface area contributed by atoms with E-state index in [0.717, 1.165) is 5.56 Å². The van der Waals surface area contributed by atoms with Gasteiger partial charge in [-0.05, 0) is 48.4 Å². The van der Waals surface area contributed by atoms with Gasteiger partial charge >= 0.3 is 0 Å². The SMILES string of the molecule is CCN(CC)S(=O)(=O)c1ccc(CCC(=O)Nc2ccc(NC(C)=O)cc2)cc1. The molecular formula is C21H27N3O4S. The second-order valence-corrected chi connectivity index (χ2v) is 8.48. The number of sulfonamides is 1. The maximum absolute atomic E-state index is 12.5. The molecule has 2 aromatic carbocycles. The van der Waals surface area contributed by atoms with E-state index in [9.17, 15) is 18.0 Å². The quantitative estimate of drug-likeness (QED) is 0.655. The molecule has 0 spiro atoms. The molecule has 7 nitrogen and oxygen atoms in total. The fourth-order valence-corrected chi connectivity index (χ4v) is 4.32. The third-order valence-electron chi connectivity index (χ3n) is 4.40. The van der Waals surface area contributed by atoms with Crippen LogP contribution < -0.4 is 10.6 Å². The lowest BCUT2D eigenvalue weighted by Crippen LogP contribution is -2.30. The molecule has 2 rings (SSSR count). The molecular weight excluding hydrogens is 390 g/mol. The molecule has 2 amide bonds. The predicted molar refractivity (Wildman–Crippen MR) is 114 cm³/mol. The lowest BCUT2D eigenvalue weighted by Gasteiger charge is -2.18. The summed E-state index contributed by atoms with van der Waals surface area (Å²) in [5.74, 6) is -0.296. The first-order valence-corrected chi connectivity index (χ1v) is 11.0. The highest BCUT2D eigenvalue weighted by molar-refractivity contribution is 7.89. The fraction of sp³-hybridized carbons (Fsp3) is 0.333. The zero-order valence-corrected chi connectivity index (χ0v) is 17.8. The first kappa shape index (κ1) is 22.6. The van der Waals surface area contributed by atoms with Gasteiger partial charge in [0.15, 0.2) is 0 Å². The molecule has 0 bridgehead atoms. The van der Waals surface area contributed by atoms with E-state index in [-0.39, 0.29) is 23.1 Å². The Bertz CT molecular complexity index is 935. The van der Waals surface area contributed by atoms with Crippen LogP contribution in [-0.4, -0.2) is 37.6 Å². The minimum absolute atomic E-state index is 0.142. The van der Waals surface area contributed by atoms with E-state index >= 15 is 0 Å². The van der Waals surface area contributed by atoms with Crippen molar-refractivity contribution >= 4 is 33.2 Å². The molecule has 29 heavy (non-hydrogen) atoms. The fourth-order valence-electron chi connectivity index (χ4n) is 2.86. The average molecular weight is 418 g/mol. The average Bonchev–Trinajstić information content (AvgIpc) is 2.68. The highest BCUT2D eigenvalue weighted by atomic mass is 32.2. The number of amides is 2. The second-order valence-electron chi connectivity index (χ2n) is 6.54. The molecule has 0 aromatic heterocycles. The minimum Gasteiger partial charge on any atom is -0.326 e. The topological polar surface area (TPSA) is 95.6 Å². The van der Waals surface area contributed by atoms with E-state index in [2.05, 4.69) is 10.6 Å². The Balaban J connectivity index is 1.91. The van der Waals surface area contributed by atoms with Gasteiger partial charge < -0.3 is 10.6 Å². The largest absolute Gasteiger partial charge is 0.326 e. The van der Waals surface area contributed by atoms with Gasteiger partial charge in [0.2, 0.25) is 21.8 Å². The van der Waals surface area contributed by atoms with Crippen molar-refractivity contribution in [1.82, 2.24) is 4.31 Å². The molecule has 2 aromatic rings. The highest BCUT2D eigenvalue weighted by Gasteiger charge is 2.21. The Labute approximate surface area is 172 Å². The number of hydrogen-bond acceptors (Lipinski definition) is 4. The molecule has 0 fully saturated rings. The summed E-state index contributed by atoms with van der Waals surface area (Å²) >= 11 is 0. The van der Waals surface area contributed by atoms with Gasteiger partial charge in [0.05, 0.1) is 4.90 Å². The van der Waals surface area contributed by atoms with Gasteiger partial charge in [-0.25, -0.2) is 8.42 Å². The third-order valence-corrected chi connectivity index (χ3v) is 6.46. The summed E-state index contributed by atoms with van der Waals surface area (Å²) in [5, 5.41) is 5.47. The maximum Gasteiger partial charge on any atom is 0.243 e. The Morgan fingerprint density at radius 3 is 1.86 bits per heavy atom. The van der Waals surface area contributed by atoms with Crippen LogP contribution in [-0.2, 0) is 26.0 Å². The van der Waals surface area contributed by atoms with Crippen molar-refractivity contribution in [3.63, 3.8) is 0 Å². The number of aryl methyl sites for hydroxylation is 1. The van der Waals surface area contributed by atoms with Gasteiger partial charge in [-0.2, -0.15) is 4.31 Å². The molecule has 0 aliphatic carbocycles. The Morgan fingerprint density at radius 1 is 0.862 bits per heavy atom. The van der Waals surface area contributed by atoms with Crippen LogP contribution in [0.5, 0.6) is 0 Å². The van der Waals surface area contributed by atoms with Crippen LogP contribution in [0.1, 0.15) is 32.8 Å². The van der Waals surface area contributed by atoms with Crippen LogP contribution in [0.25, 0.3) is 0 Å². The molecule has 0 heterocycles. The number of carbonyl (C=O) groups is 2. The molecule has 0 aliphatic rings. The first-order chi connectivity index (χ1) is 13.8. The molecule has 0 unspecified atom stereocenters. The summed E-state index contributed by atoms with van der Waals surface area (Å²) in [7, 11) is -3.47. The van der Waals surface area contributed by atoms with Crippen molar-refractivity contribution in [1.29, 1.82) is 0 Å². The van der Waals surface area contributed by atoms with Crippen LogP contribution in [0.3, 0.4) is 0 Å². The number of nitrogens with one attached hydrogen (secondary N) is 2. The van der Waals surface area contributed by atoms with Crippen LogP contribution in [0.4, 0.5) is 11.4 Å². The van der Waals surface area contributed by atoms with E-state index < -0.39 is 10.0 Å². The van der Waals surface area contributed by atoms with Gasteiger partial charge in [-0.1, -0.05) is 26.0 Å². The van der Waals surface area contributed by atoms with Crippen LogP contribution in [0, 0.1) is 0 Å². The van der Waals surface area contributed by atoms with E-state index in [4.69, 9.17) is 0 Å². The van der Waals surface area contributed by atoms with E-state index in [1.165, 1.54) is 11.2 Å². The standard InChI is InChI=1S/C21H27N3O4S/c1-4-24(5-2)29(27,28)20-13-6-17(7-14-20)8-15-21(26)23-19-11-9-18(10-12-19)22-16(3)25/h6-7,9-14H,4-5,8,15H2,1-3H3,(H,22,25)(H,23,26). The van der Waals surface area contributed by atoms with Gasteiger partial charge in [0, 0.05) is 37.8 Å². The normalized spacial score (nSPS) is 11.3. The number of anilines is 2. The number of benzene rings is 2. The van der Waals surface area contributed by atoms with Crippen molar-refractivity contribution in [2.75, 3.05) is 23.7 Å². The van der Waals surface area contributed by atoms with Crippen molar-refractivity contribution in [3.05, 3.63) is 54.1 Å². The van der Waals surface area contributed by atoms with E-state index in [1.54, 1.807) is 62.4 Å². The molecule has 2 N–H and O–H groups in total.